The van der Waals surface area contributed by atoms with Gasteiger partial charge in [-0.05, 0) is 46.0 Å². The molecule has 0 rings (SSSR count). The largest absolute Gasteiger partial charge is 0.335 e. The third-order valence-electron chi connectivity index (χ3n) is 1.98. The van der Waals surface area contributed by atoms with E-state index >= 15 is 0 Å². The molecule has 0 atom stereocenters. The lowest BCUT2D eigenvalue weighted by Crippen LogP contribution is -2.09. The summed E-state index contributed by atoms with van der Waals surface area (Å²) in [6.07, 6.45) is 11.4. The van der Waals surface area contributed by atoms with E-state index in [1.807, 2.05) is 39.8 Å². The lowest BCUT2D eigenvalue weighted by Gasteiger charge is -2.31. The Balaban J connectivity index is -0.0000000944. The summed E-state index contributed by atoms with van der Waals surface area (Å²) in [7, 11) is -0.719. The molecule has 0 aromatic carbocycles. The van der Waals surface area contributed by atoms with Crippen LogP contribution in [0.15, 0.2) is 12.2 Å². The molecule has 0 saturated carbocycles. The number of rotatable bonds is 4. The van der Waals surface area contributed by atoms with Crippen molar-refractivity contribution in [3.05, 3.63) is 12.2 Å². The van der Waals surface area contributed by atoms with E-state index in [4.69, 9.17) is 4.18 Å². The highest BCUT2D eigenvalue weighted by atomic mass is 32.3. The second-order valence-electron chi connectivity index (χ2n) is 4.54. The molecule has 0 heterocycles. The first-order valence-electron chi connectivity index (χ1n) is 7.77. The highest BCUT2D eigenvalue weighted by molar-refractivity contribution is 8.28. The summed E-state index contributed by atoms with van der Waals surface area (Å²) in [4.78, 5) is 0. The summed E-state index contributed by atoms with van der Waals surface area (Å²) >= 11 is 0. The highest BCUT2D eigenvalue weighted by Crippen LogP contribution is 2.41. The van der Waals surface area contributed by atoms with Crippen molar-refractivity contribution in [3.63, 3.8) is 0 Å². The second kappa shape index (κ2) is 23.2. The van der Waals surface area contributed by atoms with Crippen molar-refractivity contribution in [1.29, 1.82) is 0 Å². The lowest BCUT2D eigenvalue weighted by molar-refractivity contribution is 0.277. The molecule has 0 aromatic rings. The van der Waals surface area contributed by atoms with Crippen molar-refractivity contribution in [2.45, 2.75) is 81.3 Å². The van der Waals surface area contributed by atoms with Crippen molar-refractivity contribution < 1.29 is 4.18 Å². The van der Waals surface area contributed by atoms with Crippen molar-refractivity contribution in [2.75, 3.05) is 18.3 Å². The van der Waals surface area contributed by atoms with Gasteiger partial charge < -0.3 is 4.18 Å². The van der Waals surface area contributed by atoms with Crippen LogP contribution in [0.25, 0.3) is 0 Å². The van der Waals surface area contributed by atoms with E-state index in [2.05, 4.69) is 47.1 Å². The van der Waals surface area contributed by atoms with Gasteiger partial charge in [-0.2, -0.15) is 0 Å². The predicted octanol–water partition coefficient (Wildman–Crippen LogP) is 6.83. The van der Waals surface area contributed by atoms with Crippen LogP contribution in [0.4, 0.5) is 0 Å². The monoisotopic (exact) mass is 294 g/mol. The molecule has 0 radical (unpaired) electrons. The summed E-state index contributed by atoms with van der Waals surface area (Å²) in [5.74, 6) is 1.16. The number of allylic oxidation sites excluding steroid dienone is 2. The van der Waals surface area contributed by atoms with Crippen LogP contribution in [0, 0.1) is 0 Å². The summed E-state index contributed by atoms with van der Waals surface area (Å²) in [5, 5.41) is 0. The molecule has 0 aliphatic heterocycles. The van der Waals surface area contributed by atoms with Crippen molar-refractivity contribution in [1.82, 2.24) is 0 Å². The molecule has 0 unspecified atom stereocenters. The molecule has 2 heteroatoms. The van der Waals surface area contributed by atoms with Crippen LogP contribution in [0.2, 0.25) is 0 Å². The van der Waals surface area contributed by atoms with Crippen LogP contribution in [0.3, 0.4) is 0 Å². The Bertz CT molecular complexity index is 145. The van der Waals surface area contributed by atoms with E-state index in [9.17, 15) is 0 Å². The zero-order valence-electron chi connectivity index (χ0n) is 15.7. The smallest absolute Gasteiger partial charge is 0.0644 e. The quantitative estimate of drug-likeness (QED) is 0.516. The maximum atomic E-state index is 5.67. The Hall–Kier alpha value is 0.0500. The molecule has 122 valence electrons. The zero-order chi connectivity index (χ0) is 16.3. The van der Waals surface area contributed by atoms with Gasteiger partial charge in [0.05, 0.1) is 6.10 Å². The molecule has 0 N–H and O–H groups in total. The molecular formula is C17H42OS. The maximum Gasteiger partial charge on any atom is 0.0644 e. The van der Waals surface area contributed by atoms with Gasteiger partial charge in [0.2, 0.25) is 0 Å². The SMILES string of the molecule is C/C=C\C.CC.CCCC.CCS(C)(C)OC(C)C. The van der Waals surface area contributed by atoms with Gasteiger partial charge in [-0.1, -0.05) is 59.6 Å². The standard InChI is InChI=1S/C7H18OS.C4H10.C4H8.C2H6/c1-6-9(4,5)8-7(2)3;2*1-3-4-2;1-2/h7H,6H2,1-5H3;3-4H2,1-2H3;3-4H,1-2H3;1-2H3/b;;4-3-;. The Labute approximate surface area is 126 Å². The van der Waals surface area contributed by atoms with E-state index < -0.39 is 10.3 Å². The predicted molar refractivity (Wildman–Crippen MR) is 98.6 cm³/mol. The van der Waals surface area contributed by atoms with Gasteiger partial charge in [0.25, 0.3) is 0 Å². The van der Waals surface area contributed by atoms with Gasteiger partial charge in [-0.3, -0.25) is 0 Å². The molecular weight excluding hydrogens is 252 g/mol. The minimum absolute atomic E-state index is 0.384. The average Bonchev–Trinajstić information content (AvgIpc) is 2.40. The van der Waals surface area contributed by atoms with Crippen LogP contribution in [-0.4, -0.2) is 24.4 Å². The molecule has 0 spiro atoms. The van der Waals surface area contributed by atoms with E-state index in [-0.39, 0.29) is 0 Å². The zero-order valence-corrected chi connectivity index (χ0v) is 16.5. The van der Waals surface area contributed by atoms with Gasteiger partial charge >= 0.3 is 0 Å². The first-order valence-corrected chi connectivity index (χ1v) is 10.3. The van der Waals surface area contributed by atoms with Crippen LogP contribution in [-0.2, 0) is 4.18 Å². The lowest BCUT2D eigenvalue weighted by atomic mass is 10.4. The molecule has 0 aliphatic carbocycles. The van der Waals surface area contributed by atoms with E-state index in [0.717, 1.165) is 5.75 Å². The fraction of sp³-hybridized carbons (Fsp3) is 0.882. The minimum Gasteiger partial charge on any atom is -0.335 e. The average molecular weight is 295 g/mol. The number of hydrogen-bond donors (Lipinski definition) is 0. The van der Waals surface area contributed by atoms with Crippen LogP contribution < -0.4 is 0 Å². The van der Waals surface area contributed by atoms with Gasteiger partial charge in [0.15, 0.2) is 0 Å². The highest BCUT2D eigenvalue weighted by Gasteiger charge is 2.09. The molecule has 1 nitrogen and oxygen atoms in total. The molecule has 0 aliphatic rings. The summed E-state index contributed by atoms with van der Waals surface area (Å²) < 4.78 is 5.67. The Kier molecular flexibility index (Phi) is 33.4. The number of hydrogen-bond acceptors (Lipinski definition) is 1. The molecule has 0 saturated heterocycles. The number of unbranched alkanes of at least 4 members (excludes halogenated alkanes) is 1. The van der Waals surface area contributed by atoms with Gasteiger partial charge in [0.1, 0.15) is 0 Å². The summed E-state index contributed by atoms with van der Waals surface area (Å²) in [6, 6.07) is 0. The summed E-state index contributed by atoms with van der Waals surface area (Å²) in [6.45, 7) is 18.7. The molecule has 0 aromatic heterocycles. The first kappa shape index (κ1) is 27.4. The second-order valence-corrected chi connectivity index (χ2v) is 8.18. The fourth-order valence-electron chi connectivity index (χ4n) is 0.589. The molecule has 0 bridgehead atoms. The van der Waals surface area contributed by atoms with Crippen LogP contribution in [0.1, 0.15) is 75.2 Å². The third kappa shape index (κ3) is 46.0. The van der Waals surface area contributed by atoms with Crippen molar-refractivity contribution in [2.24, 2.45) is 0 Å². The van der Waals surface area contributed by atoms with Gasteiger partial charge in [-0.25, -0.2) is 0 Å². The van der Waals surface area contributed by atoms with Crippen molar-refractivity contribution in [3.8, 4) is 0 Å². The molecule has 0 fully saturated rings. The Morgan fingerprint density at radius 2 is 1.21 bits per heavy atom. The van der Waals surface area contributed by atoms with Gasteiger partial charge in [0, 0.05) is 0 Å². The first-order chi connectivity index (χ1) is 8.81. The van der Waals surface area contributed by atoms with E-state index in [1.165, 1.54) is 12.8 Å². The van der Waals surface area contributed by atoms with E-state index in [1.54, 1.807) is 0 Å². The Morgan fingerprint density at radius 1 is 0.895 bits per heavy atom. The third-order valence-corrected chi connectivity index (χ3v) is 4.28. The topological polar surface area (TPSA) is 9.23 Å². The van der Waals surface area contributed by atoms with Crippen LogP contribution in [0.5, 0.6) is 0 Å². The van der Waals surface area contributed by atoms with E-state index in [0.29, 0.717) is 6.10 Å². The normalized spacial score (nSPS) is 10.7. The van der Waals surface area contributed by atoms with Gasteiger partial charge in [-0.15, -0.1) is 10.3 Å². The minimum atomic E-state index is -0.719. The Morgan fingerprint density at radius 3 is 1.26 bits per heavy atom. The maximum absolute atomic E-state index is 5.67. The van der Waals surface area contributed by atoms with Crippen LogP contribution >= 0.6 is 10.3 Å². The molecule has 19 heavy (non-hydrogen) atoms. The van der Waals surface area contributed by atoms with Crippen molar-refractivity contribution >= 4 is 10.3 Å². The molecule has 0 amide bonds. The summed E-state index contributed by atoms with van der Waals surface area (Å²) in [5.41, 5.74) is 0. The fourth-order valence-corrected chi connectivity index (χ4v) is 1.77.